The maximum atomic E-state index is 11.7. The fraction of sp³-hybridized carbons (Fsp3) is 0.467. The second-order valence-electron chi connectivity index (χ2n) is 5.50. The lowest BCUT2D eigenvalue weighted by Gasteiger charge is -2.23. The van der Waals surface area contributed by atoms with E-state index in [0.29, 0.717) is 6.54 Å². The van der Waals surface area contributed by atoms with E-state index in [2.05, 4.69) is 22.8 Å². The predicted molar refractivity (Wildman–Crippen MR) is 86.2 cm³/mol. The molecule has 120 valence electrons. The Hall–Kier alpha value is -2.12. The molecule has 1 aliphatic rings. The molecule has 0 saturated heterocycles. The standard InChI is InChI=1S/C15H24N6O/c1-3-4-9-21(11(2)22)10-12-5-7-13(8-6-12)15(17)18-14(16)19-20-15/h5-8,20H,3-4,9-10,17H2,1-2H3,(H3,16,18,19). The summed E-state index contributed by atoms with van der Waals surface area (Å²) in [4.78, 5) is 17.7. The van der Waals surface area contributed by atoms with Crippen molar-refractivity contribution in [1.29, 1.82) is 0 Å². The SMILES string of the molecule is CCCCN(Cc1ccc(C2(N)N=C(N)NN2)cc1)C(C)=O. The maximum Gasteiger partial charge on any atom is 0.219 e. The van der Waals surface area contributed by atoms with E-state index in [1.54, 1.807) is 6.92 Å². The first-order chi connectivity index (χ1) is 10.4. The lowest BCUT2D eigenvalue weighted by molar-refractivity contribution is -0.129. The molecule has 1 aromatic carbocycles. The lowest BCUT2D eigenvalue weighted by atomic mass is 10.1. The average Bonchev–Trinajstić information content (AvgIpc) is 2.84. The first-order valence-electron chi connectivity index (χ1n) is 7.47. The third-order valence-electron chi connectivity index (χ3n) is 3.67. The summed E-state index contributed by atoms with van der Waals surface area (Å²) < 4.78 is 0. The molecule has 7 heteroatoms. The van der Waals surface area contributed by atoms with Crippen molar-refractivity contribution in [2.45, 2.75) is 39.0 Å². The van der Waals surface area contributed by atoms with Gasteiger partial charge in [0.1, 0.15) is 0 Å². The van der Waals surface area contributed by atoms with Gasteiger partial charge in [0.25, 0.3) is 0 Å². The van der Waals surface area contributed by atoms with Crippen LogP contribution in [-0.4, -0.2) is 23.3 Å². The zero-order valence-electron chi connectivity index (χ0n) is 13.1. The Morgan fingerprint density at radius 2 is 2.05 bits per heavy atom. The number of guanidine groups is 1. The summed E-state index contributed by atoms with van der Waals surface area (Å²) in [6, 6.07) is 7.70. The number of nitrogens with one attached hydrogen (secondary N) is 2. The number of carbonyl (C=O) groups is 1. The molecule has 7 nitrogen and oxygen atoms in total. The summed E-state index contributed by atoms with van der Waals surface area (Å²) in [7, 11) is 0. The minimum Gasteiger partial charge on any atom is -0.369 e. The van der Waals surface area contributed by atoms with Gasteiger partial charge in [0, 0.05) is 25.6 Å². The monoisotopic (exact) mass is 304 g/mol. The van der Waals surface area contributed by atoms with Crippen LogP contribution in [0.25, 0.3) is 0 Å². The van der Waals surface area contributed by atoms with Crippen molar-refractivity contribution in [3.05, 3.63) is 35.4 Å². The topological polar surface area (TPSA) is 109 Å². The van der Waals surface area contributed by atoms with Crippen molar-refractivity contribution in [2.75, 3.05) is 6.54 Å². The second kappa shape index (κ2) is 6.76. The minimum atomic E-state index is -1.05. The van der Waals surface area contributed by atoms with Crippen molar-refractivity contribution in [3.8, 4) is 0 Å². The summed E-state index contributed by atoms with van der Waals surface area (Å²) in [5.41, 5.74) is 19.1. The molecular weight excluding hydrogens is 280 g/mol. The van der Waals surface area contributed by atoms with Crippen molar-refractivity contribution in [1.82, 2.24) is 15.8 Å². The first kappa shape index (κ1) is 16.3. The zero-order valence-corrected chi connectivity index (χ0v) is 13.1. The van der Waals surface area contributed by atoms with Crippen LogP contribution in [0.5, 0.6) is 0 Å². The van der Waals surface area contributed by atoms with Gasteiger partial charge >= 0.3 is 0 Å². The Morgan fingerprint density at radius 3 is 2.55 bits per heavy atom. The largest absolute Gasteiger partial charge is 0.369 e. The van der Waals surface area contributed by atoms with Gasteiger partial charge in [-0.15, -0.1) is 0 Å². The minimum absolute atomic E-state index is 0.0897. The molecule has 1 unspecified atom stereocenters. The van der Waals surface area contributed by atoms with E-state index >= 15 is 0 Å². The van der Waals surface area contributed by atoms with Gasteiger partial charge in [-0.1, -0.05) is 37.6 Å². The van der Waals surface area contributed by atoms with Crippen LogP contribution in [0.3, 0.4) is 0 Å². The van der Waals surface area contributed by atoms with Crippen LogP contribution >= 0.6 is 0 Å². The van der Waals surface area contributed by atoms with E-state index < -0.39 is 5.79 Å². The number of hydrogen-bond acceptors (Lipinski definition) is 6. The number of nitrogens with zero attached hydrogens (tertiary/aromatic N) is 2. The van der Waals surface area contributed by atoms with Gasteiger partial charge in [-0.25, -0.2) is 4.99 Å². The molecule has 0 saturated carbocycles. The number of hydrogen-bond donors (Lipinski definition) is 4. The summed E-state index contributed by atoms with van der Waals surface area (Å²) in [6.45, 7) is 5.10. The highest BCUT2D eigenvalue weighted by molar-refractivity contribution is 5.79. The maximum absolute atomic E-state index is 11.7. The molecule has 22 heavy (non-hydrogen) atoms. The molecule has 0 fully saturated rings. The third-order valence-corrected chi connectivity index (χ3v) is 3.67. The van der Waals surface area contributed by atoms with Gasteiger partial charge in [0.05, 0.1) is 0 Å². The highest BCUT2D eigenvalue weighted by Crippen LogP contribution is 2.19. The zero-order chi connectivity index (χ0) is 16.2. The summed E-state index contributed by atoms with van der Waals surface area (Å²) in [6.07, 6.45) is 2.07. The number of unbranched alkanes of at least 4 members (excludes halogenated alkanes) is 1. The molecule has 6 N–H and O–H groups in total. The summed E-state index contributed by atoms with van der Waals surface area (Å²) in [5.74, 6) is -0.703. The van der Waals surface area contributed by atoms with E-state index in [1.807, 2.05) is 29.2 Å². The summed E-state index contributed by atoms with van der Waals surface area (Å²) in [5, 5.41) is 0. The number of amides is 1. The predicted octanol–water partition coefficient (Wildman–Crippen LogP) is 0.327. The van der Waals surface area contributed by atoms with Gasteiger partial charge in [0.2, 0.25) is 17.7 Å². The van der Waals surface area contributed by atoms with E-state index in [0.717, 1.165) is 30.5 Å². The van der Waals surface area contributed by atoms with Gasteiger partial charge in [0.15, 0.2) is 0 Å². The Morgan fingerprint density at radius 1 is 1.36 bits per heavy atom. The molecule has 1 heterocycles. The van der Waals surface area contributed by atoms with E-state index in [1.165, 1.54) is 0 Å². The molecule has 2 rings (SSSR count). The Bertz CT molecular complexity index is 556. The fourth-order valence-electron chi connectivity index (χ4n) is 2.32. The molecule has 1 amide bonds. The number of carbonyl (C=O) groups excluding carboxylic acids is 1. The first-order valence-corrected chi connectivity index (χ1v) is 7.47. The summed E-state index contributed by atoms with van der Waals surface area (Å²) >= 11 is 0. The molecular formula is C15H24N6O. The normalized spacial score (nSPS) is 20.4. The Balaban J connectivity index is 2.07. The smallest absolute Gasteiger partial charge is 0.219 e. The Labute approximate surface area is 130 Å². The van der Waals surface area contributed by atoms with Gasteiger partial charge in [-0.05, 0) is 12.0 Å². The number of rotatable bonds is 6. The van der Waals surface area contributed by atoms with Crippen molar-refractivity contribution in [3.63, 3.8) is 0 Å². The van der Waals surface area contributed by atoms with Crippen molar-refractivity contribution in [2.24, 2.45) is 16.5 Å². The van der Waals surface area contributed by atoms with Crippen LogP contribution in [0.15, 0.2) is 29.3 Å². The average molecular weight is 304 g/mol. The highest BCUT2D eigenvalue weighted by Gasteiger charge is 2.31. The van der Waals surface area contributed by atoms with Crippen molar-refractivity contribution < 1.29 is 4.79 Å². The molecule has 0 aliphatic carbocycles. The van der Waals surface area contributed by atoms with Crippen LogP contribution < -0.4 is 22.3 Å². The highest BCUT2D eigenvalue weighted by atomic mass is 16.2. The van der Waals surface area contributed by atoms with Crippen LogP contribution in [0.4, 0.5) is 0 Å². The quantitative estimate of drug-likeness (QED) is 0.605. The number of nitrogens with two attached hydrogens (primary N) is 2. The van der Waals surface area contributed by atoms with Gasteiger partial charge < -0.3 is 10.6 Å². The molecule has 0 bridgehead atoms. The van der Waals surface area contributed by atoms with Crippen molar-refractivity contribution >= 4 is 11.9 Å². The molecule has 1 aliphatic heterocycles. The molecule has 1 atom stereocenters. The van der Waals surface area contributed by atoms with Crippen LogP contribution in [0, 0.1) is 0 Å². The van der Waals surface area contributed by atoms with E-state index in [9.17, 15) is 4.79 Å². The van der Waals surface area contributed by atoms with E-state index in [4.69, 9.17) is 11.5 Å². The number of aliphatic imine (C=N–C) groups is 1. The molecule has 1 aromatic rings. The number of hydrazine groups is 1. The second-order valence-corrected chi connectivity index (χ2v) is 5.50. The Kier molecular flexibility index (Phi) is 4.99. The van der Waals surface area contributed by atoms with Crippen LogP contribution in [-0.2, 0) is 17.1 Å². The van der Waals surface area contributed by atoms with Gasteiger partial charge in [-0.3, -0.25) is 16.0 Å². The van der Waals surface area contributed by atoms with E-state index in [-0.39, 0.29) is 11.9 Å². The van der Waals surface area contributed by atoms with Crippen LogP contribution in [0.1, 0.15) is 37.8 Å². The number of benzene rings is 1. The third kappa shape index (κ3) is 3.75. The molecule has 0 aromatic heterocycles. The lowest BCUT2D eigenvalue weighted by Crippen LogP contribution is -2.50. The molecule has 0 spiro atoms. The van der Waals surface area contributed by atoms with Gasteiger partial charge in [-0.2, -0.15) is 5.43 Å². The van der Waals surface area contributed by atoms with Crippen LogP contribution in [0.2, 0.25) is 0 Å². The molecule has 0 radical (unpaired) electrons. The fourth-order valence-corrected chi connectivity index (χ4v) is 2.32.